The lowest BCUT2D eigenvalue weighted by Crippen LogP contribution is -2.25. The highest BCUT2D eigenvalue weighted by molar-refractivity contribution is 5.87. The summed E-state index contributed by atoms with van der Waals surface area (Å²) in [4.78, 5) is 21.9. The highest BCUT2D eigenvalue weighted by atomic mass is 16.3. The van der Waals surface area contributed by atoms with E-state index in [2.05, 4.69) is 21.8 Å². The molecule has 136 valence electrons. The molecule has 0 unspecified atom stereocenters. The SMILES string of the molecule is CCN(Cc1nc2ccccc2c(=O)[nH]1)Cc1c(O)ccc2ccccc12. The molecule has 0 aliphatic carbocycles. The summed E-state index contributed by atoms with van der Waals surface area (Å²) in [5.74, 6) is 0.910. The molecule has 0 aliphatic heterocycles. The second kappa shape index (κ2) is 7.21. The number of H-pyrrole nitrogens is 1. The molecule has 1 aromatic heterocycles. The van der Waals surface area contributed by atoms with Gasteiger partial charge in [0.25, 0.3) is 5.56 Å². The van der Waals surface area contributed by atoms with Crippen molar-refractivity contribution in [2.75, 3.05) is 6.54 Å². The van der Waals surface area contributed by atoms with Crippen LogP contribution < -0.4 is 5.56 Å². The predicted molar refractivity (Wildman–Crippen MR) is 108 cm³/mol. The van der Waals surface area contributed by atoms with Crippen molar-refractivity contribution < 1.29 is 5.11 Å². The van der Waals surface area contributed by atoms with E-state index in [1.807, 2.05) is 48.5 Å². The van der Waals surface area contributed by atoms with Gasteiger partial charge < -0.3 is 10.1 Å². The Morgan fingerprint density at radius 2 is 1.70 bits per heavy atom. The fourth-order valence-corrected chi connectivity index (χ4v) is 3.42. The normalized spacial score (nSPS) is 11.5. The predicted octanol–water partition coefficient (Wildman–Crippen LogP) is 3.80. The standard InChI is InChI=1S/C22H21N3O2/c1-2-25(13-18-16-8-4-3-7-15(16)11-12-20(18)26)14-21-23-19-10-6-5-9-17(19)22(27)24-21/h3-12,26H,2,13-14H2,1H3,(H,23,24,27). The first-order chi connectivity index (χ1) is 13.2. The first-order valence-electron chi connectivity index (χ1n) is 9.05. The summed E-state index contributed by atoms with van der Waals surface area (Å²) >= 11 is 0. The Morgan fingerprint density at radius 1 is 0.963 bits per heavy atom. The van der Waals surface area contributed by atoms with Crippen LogP contribution in [-0.4, -0.2) is 26.5 Å². The molecule has 0 saturated heterocycles. The van der Waals surface area contributed by atoms with Gasteiger partial charge in [-0.2, -0.15) is 0 Å². The van der Waals surface area contributed by atoms with Crippen LogP contribution in [0.1, 0.15) is 18.3 Å². The number of aromatic nitrogens is 2. The van der Waals surface area contributed by atoms with E-state index in [1.165, 1.54) is 0 Å². The molecule has 0 amide bonds. The minimum Gasteiger partial charge on any atom is -0.508 e. The Labute approximate surface area is 156 Å². The van der Waals surface area contributed by atoms with Gasteiger partial charge in [-0.3, -0.25) is 9.69 Å². The molecule has 27 heavy (non-hydrogen) atoms. The van der Waals surface area contributed by atoms with Crippen LogP contribution in [0.4, 0.5) is 0 Å². The van der Waals surface area contributed by atoms with E-state index in [-0.39, 0.29) is 11.3 Å². The van der Waals surface area contributed by atoms with Gasteiger partial charge in [0, 0.05) is 12.1 Å². The molecule has 0 spiro atoms. The molecule has 4 rings (SSSR count). The van der Waals surface area contributed by atoms with Crippen LogP contribution in [0.5, 0.6) is 5.75 Å². The van der Waals surface area contributed by atoms with Gasteiger partial charge in [-0.25, -0.2) is 4.98 Å². The lowest BCUT2D eigenvalue weighted by atomic mass is 10.0. The third kappa shape index (κ3) is 3.41. The van der Waals surface area contributed by atoms with E-state index in [9.17, 15) is 9.90 Å². The molecule has 0 atom stereocenters. The number of rotatable bonds is 5. The molecule has 0 radical (unpaired) electrons. The van der Waals surface area contributed by atoms with Crippen molar-refractivity contribution in [3.05, 3.63) is 82.4 Å². The van der Waals surface area contributed by atoms with Crippen molar-refractivity contribution in [3.8, 4) is 5.75 Å². The quantitative estimate of drug-likeness (QED) is 0.569. The summed E-state index contributed by atoms with van der Waals surface area (Å²) in [5, 5.41) is 13.1. The number of fused-ring (bicyclic) bond motifs is 2. The van der Waals surface area contributed by atoms with Crippen LogP contribution in [0.2, 0.25) is 0 Å². The van der Waals surface area contributed by atoms with Crippen molar-refractivity contribution in [2.45, 2.75) is 20.0 Å². The van der Waals surface area contributed by atoms with Gasteiger partial charge in [0.2, 0.25) is 0 Å². The molecule has 2 N–H and O–H groups in total. The van der Waals surface area contributed by atoms with Gasteiger partial charge in [0.1, 0.15) is 11.6 Å². The number of benzene rings is 3. The number of hydrogen-bond donors (Lipinski definition) is 2. The second-order valence-corrected chi connectivity index (χ2v) is 6.62. The molecule has 0 bridgehead atoms. The summed E-state index contributed by atoms with van der Waals surface area (Å²) in [5.41, 5.74) is 1.46. The van der Waals surface area contributed by atoms with E-state index >= 15 is 0 Å². The molecule has 0 saturated carbocycles. The molecular formula is C22H21N3O2. The highest BCUT2D eigenvalue weighted by Crippen LogP contribution is 2.28. The first kappa shape index (κ1) is 17.2. The number of aromatic hydroxyl groups is 1. The highest BCUT2D eigenvalue weighted by Gasteiger charge is 2.13. The maximum absolute atomic E-state index is 12.3. The van der Waals surface area contributed by atoms with Crippen LogP contribution in [0.3, 0.4) is 0 Å². The minimum absolute atomic E-state index is 0.125. The summed E-state index contributed by atoms with van der Waals surface area (Å²) < 4.78 is 0. The van der Waals surface area contributed by atoms with Crippen LogP contribution in [0.25, 0.3) is 21.7 Å². The third-order valence-electron chi connectivity index (χ3n) is 4.88. The van der Waals surface area contributed by atoms with Gasteiger partial charge in [0.15, 0.2) is 0 Å². The maximum Gasteiger partial charge on any atom is 0.258 e. The molecule has 0 fully saturated rings. The molecule has 0 aliphatic rings. The monoisotopic (exact) mass is 359 g/mol. The molecule has 3 aromatic carbocycles. The topological polar surface area (TPSA) is 69.2 Å². The fraction of sp³-hybridized carbons (Fsp3) is 0.182. The summed E-state index contributed by atoms with van der Waals surface area (Å²) in [6, 6.07) is 19.0. The number of nitrogens with zero attached hydrogens (tertiary/aromatic N) is 2. The lowest BCUT2D eigenvalue weighted by molar-refractivity contribution is 0.262. The lowest BCUT2D eigenvalue weighted by Gasteiger charge is -2.21. The molecular weight excluding hydrogens is 338 g/mol. The Hall–Kier alpha value is -3.18. The fourth-order valence-electron chi connectivity index (χ4n) is 3.42. The van der Waals surface area contributed by atoms with E-state index in [0.717, 1.165) is 22.9 Å². The number of phenolic OH excluding ortho intramolecular Hbond substituents is 1. The van der Waals surface area contributed by atoms with Gasteiger partial charge in [-0.15, -0.1) is 0 Å². The number of hydrogen-bond acceptors (Lipinski definition) is 4. The largest absolute Gasteiger partial charge is 0.508 e. The van der Waals surface area contributed by atoms with Gasteiger partial charge in [0.05, 0.1) is 17.4 Å². The van der Waals surface area contributed by atoms with E-state index in [1.54, 1.807) is 12.1 Å². The van der Waals surface area contributed by atoms with Crippen molar-refractivity contribution in [3.63, 3.8) is 0 Å². The molecule has 5 heteroatoms. The average molecular weight is 359 g/mol. The van der Waals surface area contributed by atoms with Crippen molar-refractivity contribution in [1.82, 2.24) is 14.9 Å². The van der Waals surface area contributed by atoms with Crippen molar-refractivity contribution in [1.29, 1.82) is 0 Å². The summed E-state index contributed by atoms with van der Waals surface area (Å²) in [6.07, 6.45) is 0. The number of aromatic amines is 1. The van der Waals surface area contributed by atoms with Crippen LogP contribution >= 0.6 is 0 Å². The van der Waals surface area contributed by atoms with Crippen LogP contribution in [0, 0.1) is 0 Å². The Bertz CT molecular complexity index is 1170. The molecule has 5 nitrogen and oxygen atoms in total. The van der Waals surface area contributed by atoms with Gasteiger partial charge in [-0.05, 0) is 35.5 Å². The smallest absolute Gasteiger partial charge is 0.258 e. The van der Waals surface area contributed by atoms with Crippen LogP contribution in [0.15, 0.2) is 65.5 Å². The molecule has 4 aromatic rings. The maximum atomic E-state index is 12.3. The zero-order valence-electron chi connectivity index (χ0n) is 15.1. The first-order valence-corrected chi connectivity index (χ1v) is 9.05. The van der Waals surface area contributed by atoms with Gasteiger partial charge in [-0.1, -0.05) is 49.4 Å². The zero-order valence-corrected chi connectivity index (χ0v) is 15.1. The van der Waals surface area contributed by atoms with E-state index in [4.69, 9.17) is 0 Å². The van der Waals surface area contributed by atoms with Crippen molar-refractivity contribution in [2.24, 2.45) is 0 Å². The third-order valence-corrected chi connectivity index (χ3v) is 4.88. The average Bonchev–Trinajstić information content (AvgIpc) is 2.69. The minimum atomic E-state index is -0.125. The zero-order chi connectivity index (χ0) is 18.8. The molecule has 1 heterocycles. The van der Waals surface area contributed by atoms with Crippen molar-refractivity contribution >= 4 is 21.7 Å². The van der Waals surface area contributed by atoms with Crippen LogP contribution in [-0.2, 0) is 13.1 Å². The Morgan fingerprint density at radius 3 is 2.52 bits per heavy atom. The Kier molecular flexibility index (Phi) is 4.60. The number of nitrogens with one attached hydrogen (secondary N) is 1. The number of para-hydroxylation sites is 1. The van der Waals surface area contributed by atoms with E-state index in [0.29, 0.717) is 29.8 Å². The summed E-state index contributed by atoms with van der Waals surface area (Å²) in [6.45, 7) is 3.89. The number of phenols is 1. The van der Waals surface area contributed by atoms with E-state index < -0.39 is 0 Å². The summed E-state index contributed by atoms with van der Waals surface area (Å²) in [7, 11) is 0. The van der Waals surface area contributed by atoms with Gasteiger partial charge >= 0.3 is 0 Å². The second-order valence-electron chi connectivity index (χ2n) is 6.62. The Balaban J connectivity index is 1.66.